The average molecular weight is 243 g/mol. The van der Waals surface area contributed by atoms with E-state index >= 15 is 0 Å². The summed E-state index contributed by atoms with van der Waals surface area (Å²) in [5.41, 5.74) is 2.34. The first kappa shape index (κ1) is 11.5. The van der Waals surface area contributed by atoms with E-state index in [1.54, 1.807) is 0 Å². The maximum absolute atomic E-state index is 9.44. The summed E-state index contributed by atoms with van der Waals surface area (Å²) in [4.78, 5) is 2.24. The zero-order valence-electron chi connectivity index (χ0n) is 10.4. The molecule has 0 radical (unpaired) electrons. The van der Waals surface area contributed by atoms with E-state index in [9.17, 15) is 5.26 Å². The number of fused-ring (bicyclic) bond motifs is 1. The number of ether oxygens (including phenoxy) is 1. The van der Waals surface area contributed by atoms with Crippen LogP contribution >= 0.6 is 0 Å². The Hall–Kier alpha value is -1.57. The first-order valence-electron chi connectivity index (χ1n) is 6.48. The molecule has 2 aliphatic heterocycles. The highest BCUT2D eigenvalue weighted by molar-refractivity contribution is 5.42. The van der Waals surface area contributed by atoms with E-state index in [0.717, 1.165) is 50.5 Å². The van der Waals surface area contributed by atoms with Crippen molar-refractivity contribution in [2.45, 2.75) is 12.5 Å². The molecule has 1 aromatic rings. The highest BCUT2D eigenvalue weighted by Gasteiger charge is 2.23. The van der Waals surface area contributed by atoms with Crippen molar-refractivity contribution in [3.8, 4) is 11.8 Å². The number of hydrogen-bond donors (Lipinski definition) is 1. The van der Waals surface area contributed by atoms with Gasteiger partial charge in [-0.2, -0.15) is 5.26 Å². The molecule has 2 aliphatic rings. The van der Waals surface area contributed by atoms with Crippen LogP contribution in [0, 0.1) is 11.3 Å². The Morgan fingerprint density at radius 1 is 1.33 bits per heavy atom. The molecule has 0 spiro atoms. The number of hydrogen-bond acceptors (Lipinski definition) is 4. The number of piperazine rings is 1. The minimum absolute atomic E-state index is 0.127. The van der Waals surface area contributed by atoms with Crippen molar-refractivity contribution in [1.82, 2.24) is 10.2 Å². The SMILES string of the molecule is N#CC(c1ccc2c(c1)CCO2)N1CCNCC1. The second-order valence-electron chi connectivity index (χ2n) is 4.78. The Kier molecular flexibility index (Phi) is 3.18. The van der Waals surface area contributed by atoms with Crippen LogP contribution < -0.4 is 10.1 Å². The normalized spacial score (nSPS) is 20.8. The van der Waals surface area contributed by atoms with Gasteiger partial charge in [0.25, 0.3) is 0 Å². The van der Waals surface area contributed by atoms with Gasteiger partial charge in [-0.1, -0.05) is 6.07 Å². The van der Waals surface area contributed by atoms with Gasteiger partial charge in [-0.3, -0.25) is 4.90 Å². The summed E-state index contributed by atoms with van der Waals surface area (Å²) in [7, 11) is 0. The van der Waals surface area contributed by atoms with Crippen molar-refractivity contribution >= 4 is 0 Å². The van der Waals surface area contributed by atoms with Gasteiger partial charge < -0.3 is 10.1 Å². The molecule has 0 aromatic heterocycles. The van der Waals surface area contributed by atoms with E-state index in [1.165, 1.54) is 5.56 Å². The van der Waals surface area contributed by atoms with Crippen LogP contribution in [0.3, 0.4) is 0 Å². The fraction of sp³-hybridized carbons (Fsp3) is 0.500. The largest absolute Gasteiger partial charge is 0.493 e. The lowest BCUT2D eigenvalue weighted by Crippen LogP contribution is -2.44. The van der Waals surface area contributed by atoms with Gasteiger partial charge in [0.2, 0.25) is 0 Å². The molecule has 0 amide bonds. The molecular weight excluding hydrogens is 226 g/mol. The van der Waals surface area contributed by atoms with Gasteiger partial charge >= 0.3 is 0 Å². The standard InChI is InChI=1S/C14H17N3O/c15-10-13(17-6-4-16-5-7-17)11-1-2-14-12(9-11)3-8-18-14/h1-2,9,13,16H,3-8H2. The summed E-state index contributed by atoms with van der Waals surface area (Å²) in [6, 6.07) is 8.48. The molecule has 4 heteroatoms. The average Bonchev–Trinajstić information content (AvgIpc) is 2.88. The number of nitriles is 1. The summed E-state index contributed by atoms with van der Waals surface area (Å²) >= 11 is 0. The van der Waals surface area contributed by atoms with Crippen molar-refractivity contribution in [3.05, 3.63) is 29.3 Å². The minimum atomic E-state index is -0.127. The molecule has 1 saturated heterocycles. The number of rotatable bonds is 2. The lowest BCUT2D eigenvalue weighted by Gasteiger charge is -2.31. The third-order valence-electron chi connectivity index (χ3n) is 3.67. The van der Waals surface area contributed by atoms with Gasteiger partial charge in [-0.25, -0.2) is 0 Å². The van der Waals surface area contributed by atoms with E-state index in [-0.39, 0.29) is 6.04 Å². The first-order chi connectivity index (χ1) is 8.88. The van der Waals surface area contributed by atoms with Crippen LogP contribution in [0.2, 0.25) is 0 Å². The maximum Gasteiger partial charge on any atom is 0.123 e. The van der Waals surface area contributed by atoms with Gasteiger partial charge in [-0.15, -0.1) is 0 Å². The highest BCUT2D eigenvalue weighted by atomic mass is 16.5. The van der Waals surface area contributed by atoms with Gasteiger partial charge in [0.15, 0.2) is 0 Å². The fourth-order valence-electron chi connectivity index (χ4n) is 2.68. The Morgan fingerprint density at radius 2 is 2.17 bits per heavy atom. The van der Waals surface area contributed by atoms with E-state index in [4.69, 9.17) is 4.74 Å². The lowest BCUT2D eigenvalue weighted by atomic mass is 10.0. The predicted octanol–water partition coefficient (Wildman–Crippen LogP) is 1.09. The van der Waals surface area contributed by atoms with Gasteiger partial charge in [0, 0.05) is 32.6 Å². The predicted molar refractivity (Wildman–Crippen MR) is 68.4 cm³/mol. The summed E-state index contributed by atoms with van der Waals surface area (Å²) < 4.78 is 5.51. The molecule has 1 atom stereocenters. The van der Waals surface area contributed by atoms with Crippen LogP contribution in [-0.4, -0.2) is 37.7 Å². The van der Waals surface area contributed by atoms with Crippen LogP contribution in [0.15, 0.2) is 18.2 Å². The van der Waals surface area contributed by atoms with E-state index in [2.05, 4.69) is 22.4 Å². The maximum atomic E-state index is 9.44. The second kappa shape index (κ2) is 4.97. The molecular formula is C14H17N3O. The molecule has 1 unspecified atom stereocenters. The quantitative estimate of drug-likeness (QED) is 0.844. The van der Waals surface area contributed by atoms with Gasteiger partial charge in [-0.05, 0) is 23.3 Å². The van der Waals surface area contributed by atoms with E-state index < -0.39 is 0 Å². The zero-order valence-corrected chi connectivity index (χ0v) is 10.4. The van der Waals surface area contributed by atoms with Gasteiger partial charge in [0.05, 0.1) is 12.7 Å². The van der Waals surface area contributed by atoms with Crippen molar-refractivity contribution in [2.75, 3.05) is 32.8 Å². The van der Waals surface area contributed by atoms with Crippen molar-refractivity contribution in [1.29, 1.82) is 5.26 Å². The molecule has 1 aromatic carbocycles. The third kappa shape index (κ3) is 2.07. The van der Waals surface area contributed by atoms with Crippen LogP contribution in [0.1, 0.15) is 17.2 Å². The Labute approximate surface area is 107 Å². The van der Waals surface area contributed by atoms with Crippen molar-refractivity contribution in [2.24, 2.45) is 0 Å². The van der Waals surface area contributed by atoms with Gasteiger partial charge in [0.1, 0.15) is 11.8 Å². The van der Waals surface area contributed by atoms with Crippen LogP contribution in [0.25, 0.3) is 0 Å². The zero-order chi connectivity index (χ0) is 12.4. The fourth-order valence-corrected chi connectivity index (χ4v) is 2.68. The highest BCUT2D eigenvalue weighted by Crippen LogP contribution is 2.30. The molecule has 18 heavy (non-hydrogen) atoms. The summed E-state index contributed by atoms with van der Waals surface area (Å²) in [5.74, 6) is 0.982. The van der Waals surface area contributed by atoms with E-state index in [0.29, 0.717) is 0 Å². The lowest BCUT2D eigenvalue weighted by molar-refractivity contribution is 0.207. The Bertz CT molecular complexity index is 474. The van der Waals surface area contributed by atoms with E-state index in [1.807, 2.05) is 12.1 Å². The van der Waals surface area contributed by atoms with Crippen LogP contribution in [-0.2, 0) is 6.42 Å². The molecule has 3 rings (SSSR count). The minimum Gasteiger partial charge on any atom is -0.493 e. The second-order valence-corrected chi connectivity index (χ2v) is 4.78. The van der Waals surface area contributed by atoms with Crippen molar-refractivity contribution < 1.29 is 4.74 Å². The number of benzene rings is 1. The molecule has 1 fully saturated rings. The Balaban J connectivity index is 1.85. The third-order valence-corrected chi connectivity index (χ3v) is 3.67. The summed E-state index contributed by atoms with van der Waals surface area (Å²) in [6.07, 6.45) is 0.961. The van der Waals surface area contributed by atoms with Crippen LogP contribution in [0.4, 0.5) is 0 Å². The van der Waals surface area contributed by atoms with Crippen LogP contribution in [0.5, 0.6) is 5.75 Å². The molecule has 1 N–H and O–H groups in total. The molecule has 0 aliphatic carbocycles. The molecule has 0 bridgehead atoms. The smallest absolute Gasteiger partial charge is 0.123 e. The van der Waals surface area contributed by atoms with Crippen molar-refractivity contribution in [3.63, 3.8) is 0 Å². The Morgan fingerprint density at radius 3 is 2.94 bits per heavy atom. The topological polar surface area (TPSA) is 48.3 Å². The molecule has 94 valence electrons. The number of nitrogens with zero attached hydrogens (tertiary/aromatic N) is 2. The molecule has 4 nitrogen and oxygen atoms in total. The molecule has 0 saturated carbocycles. The number of nitrogens with one attached hydrogen (secondary N) is 1. The summed E-state index contributed by atoms with van der Waals surface area (Å²) in [5, 5.41) is 12.8. The first-order valence-corrected chi connectivity index (χ1v) is 6.48. The monoisotopic (exact) mass is 243 g/mol. The molecule has 2 heterocycles. The summed E-state index contributed by atoms with van der Waals surface area (Å²) in [6.45, 7) is 4.57.